The molecule has 0 saturated carbocycles. The Hall–Kier alpha value is -2.72. The minimum Gasteiger partial charge on any atom is -0.342 e. The summed E-state index contributed by atoms with van der Waals surface area (Å²) in [4.78, 5) is 23.9. The Morgan fingerprint density at radius 2 is 1.81 bits per heavy atom. The highest BCUT2D eigenvalue weighted by molar-refractivity contribution is 6.30. The van der Waals surface area contributed by atoms with E-state index in [4.69, 9.17) is 16.6 Å². The lowest BCUT2D eigenvalue weighted by Gasteiger charge is -2.37. The van der Waals surface area contributed by atoms with Crippen molar-refractivity contribution in [3.05, 3.63) is 93.5 Å². The normalized spacial score (nSPS) is 18.6. The first-order valence-corrected chi connectivity index (χ1v) is 11.9. The molecule has 1 fully saturated rings. The van der Waals surface area contributed by atoms with Crippen LogP contribution in [0.2, 0.25) is 5.02 Å². The van der Waals surface area contributed by atoms with E-state index in [9.17, 15) is 4.79 Å². The van der Waals surface area contributed by atoms with Gasteiger partial charge < -0.3 is 4.90 Å². The molecule has 32 heavy (non-hydrogen) atoms. The largest absolute Gasteiger partial charge is 0.342 e. The van der Waals surface area contributed by atoms with Crippen molar-refractivity contribution in [2.75, 3.05) is 13.1 Å². The van der Waals surface area contributed by atoms with E-state index in [-0.39, 0.29) is 11.8 Å². The number of hydrogen-bond donors (Lipinski definition) is 0. The lowest BCUT2D eigenvalue weighted by atomic mass is 9.76. The number of pyridine rings is 2. The smallest absolute Gasteiger partial charge is 0.226 e. The van der Waals surface area contributed by atoms with Crippen LogP contribution >= 0.6 is 11.6 Å². The van der Waals surface area contributed by atoms with Crippen LogP contribution in [0.1, 0.15) is 52.3 Å². The maximum absolute atomic E-state index is 12.9. The van der Waals surface area contributed by atoms with Crippen molar-refractivity contribution < 1.29 is 4.79 Å². The molecule has 1 atom stereocenters. The third kappa shape index (κ3) is 4.29. The Balaban J connectivity index is 1.38. The molecule has 1 unspecified atom stereocenters. The van der Waals surface area contributed by atoms with E-state index in [0.717, 1.165) is 49.4 Å². The number of halogens is 1. The topological polar surface area (TPSA) is 46.1 Å². The zero-order chi connectivity index (χ0) is 22.1. The lowest BCUT2D eigenvalue weighted by molar-refractivity contribution is -0.131. The van der Waals surface area contributed by atoms with Gasteiger partial charge in [-0.1, -0.05) is 23.7 Å². The molecule has 3 aromatic rings. The molecule has 0 radical (unpaired) electrons. The molecule has 3 heterocycles. The van der Waals surface area contributed by atoms with Crippen molar-refractivity contribution in [2.45, 2.75) is 44.9 Å². The zero-order valence-corrected chi connectivity index (χ0v) is 19.2. The number of aryl methyl sites for hydroxylation is 3. The second-order valence-electron chi connectivity index (χ2n) is 9.13. The van der Waals surface area contributed by atoms with Crippen molar-refractivity contribution in [1.82, 2.24) is 14.9 Å². The van der Waals surface area contributed by atoms with Crippen LogP contribution in [0.25, 0.3) is 0 Å². The van der Waals surface area contributed by atoms with Crippen molar-refractivity contribution in [3.8, 4) is 0 Å². The summed E-state index contributed by atoms with van der Waals surface area (Å²) >= 11 is 6.36. The number of fused-ring (bicyclic) bond motifs is 2. The number of nitrogens with zero attached hydrogens (tertiary/aromatic N) is 3. The van der Waals surface area contributed by atoms with Crippen molar-refractivity contribution in [1.29, 1.82) is 0 Å². The van der Waals surface area contributed by atoms with Gasteiger partial charge in [0, 0.05) is 42.6 Å². The van der Waals surface area contributed by atoms with Gasteiger partial charge in [-0.3, -0.25) is 14.8 Å². The third-order valence-corrected chi connectivity index (χ3v) is 7.24. The van der Waals surface area contributed by atoms with Crippen LogP contribution in [-0.2, 0) is 24.1 Å². The monoisotopic (exact) mass is 445 g/mol. The van der Waals surface area contributed by atoms with Crippen molar-refractivity contribution in [3.63, 3.8) is 0 Å². The van der Waals surface area contributed by atoms with Gasteiger partial charge in [0.05, 0.1) is 12.1 Å². The summed E-state index contributed by atoms with van der Waals surface area (Å²) in [5, 5.41) is 0.800. The molecule has 0 bridgehead atoms. The predicted molar refractivity (Wildman–Crippen MR) is 127 cm³/mol. The third-order valence-electron chi connectivity index (χ3n) is 7.00. The van der Waals surface area contributed by atoms with Gasteiger partial charge in [0.2, 0.25) is 5.91 Å². The number of rotatable bonds is 3. The molecule has 2 aromatic heterocycles. The molecule has 4 nitrogen and oxygen atoms in total. The van der Waals surface area contributed by atoms with Gasteiger partial charge in [0.1, 0.15) is 0 Å². The molecule has 0 spiro atoms. The minimum atomic E-state index is 0.205. The summed E-state index contributed by atoms with van der Waals surface area (Å²) in [6.45, 7) is 3.72. The molecule has 1 saturated heterocycles. The Labute approximate surface area is 194 Å². The molecular formula is C27H28ClN3O. The van der Waals surface area contributed by atoms with E-state index < -0.39 is 0 Å². The summed E-state index contributed by atoms with van der Waals surface area (Å²) in [5.74, 6) is 0.932. The zero-order valence-electron chi connectivity index (χ0n) is 18.4. The van der Waals surface area contributed by atoms with E-state index in [1.807, 2.05) is 29.3 Å². The molecule has 164 valence electrons. The molecule has 5 rings (SSSR count). The van der Waals surface area contributed by atoms with Crippen LogP contribution in [0.3, 0.4) is 0 Å². The summed E-state index contributed by atoms with van der Waals surface area (Å²) in [6, 6.07) is 12.5. The molecule has 1 aliphatic carbocycles. The maximum Gasteiger partial charge on any atom is 0.226 e. The fourth-order valence-corrected chi connectivity index (χ4v) is 5.57. The van der Waals surface area contributed by atoms with Gasteiger partial charge in [-0.25, -0.2) is 0 Å². The Kier molecular flexibility index (Phi) is 5.97. The highest BCUT2D eigenvalue weighted by Gasteiger charge is 2.34. The fraction of sp³-hybridized carbons (Fsp3) is 0.370. The summed E-state index contributed by atoms with van der Waals surface area (Å²) in [7, 11) is 0. The quantitative estimate of drug-likeness (QED) is 0.560. The molecule has 1 aliphatic heterocycles. The van der Waals surface area contributed by atoms with Crippen molar-refractivity contribution in [2.24, 2.45) is 5.92 Å². The molecule has 1 aromatic carbocycles. The SMILES string of the molecule is Cc1cnc2c(c1)CCc1cc(Cl)ccc1C2C1CCN(C(=O)Cc2ccncc2)CC1. The van der Waals surface area contributed by atoms with E-state index in [1.54, 1.807) is 12.4 Å². The number of aromatic nitrogens is 2. The van der Waals surface area contributed by atoms with Gasteiger partial charge in [-0.05, 0) is 90.6 Å². The Bertz CT molecular complexity index is 1070. The van der Waals surface area contributed by atoms with Crippen LogP contribution < -0.4 is 0 Å². The summed E-state index contributed by atoms with van der Waals surface area (Å²) in [6.07, 6.45) is 9.91. The minimum absolute atomic E-state index is 0.205. The highest BCUT2D eigenvalue weighted by atomic mass is 35.5. The van der Waals surface area contributed by atoms with E-state index in [2.05, 4.69) is 30.1 Å². The number of benzene rings is 1. The standard InChI is InChI=1S/C27H28ClN3O/c1-18-14-22-3-2-21-16-23(28)4-5-24(21)26(27(22)30-17-18)20-8-12-31(13-9-20)25(32)15-19-6-10-29-11-7-19/h4-7,10-11,14,16-17,20,26H,2-3,8-9,12-13,15H2,1H3. The average Bonchev–Trinajstić information content (AvgIpc) is 2.96. The van der Waals surface area contributed by atoms with Gasteiger partial charge >= 0.3 is 0 Å². The molecule has 5 heteroatoms. The maximum atomic E-state index is 12.9. The fourth-order valence-electron chi connectivity index (χ4n) is 5.38. The summed E-state index contributed by atoms with van der Waals surface area (Å²) in [5.41, 5.74) is 7.52. The Morgan fingerprint density at radius 1 is 1.06 bits per heavy atom. The Morgan fingerprint density at radius 3 is 2.59 bits per heavy atom. The van der Waals surface area contributed by atoms with Gasteiger partial charge in [0.25, 0.3) is 0 Å². The first-order valence-electron chi connectivity index (χ1n) is 11.5. The second-order valence-corrected chi connectivity index (χ2v) is 9.56. The van der Waals surface area contributed by atoms with Gasteiger partial charge in [0.15, 0.2) is 0 Å². The van der Waals surface area contributed by atoms with E-state index >= 15 is 0 Å². The van der Waals surface area contributed by atoms with E-state index in [0.29, 0.717) is 12.3 Å². The van der Waals surface area contributed by atoms with E-state index in [1.165, 1.54) is 27.9 Å². The van der Waals surface area contributed by atoms with Crippen LogP contribution in [0.5, 0.6) is 0 Å². The second kappa shape index (κ2) is 9.03. The lowest BCUT2D eigenvalue weighted by Crippen LogP contribution is -2.40. The molecule has 0 N–H and O–H groups in total. The highest BCUT2D eigenvalue weighted by Crippen LogP contribution is 2.43. The molecule has 1 amide bonds. The average molecular weight is 446 g/mol. The number of likely N-dealkylation sites (tertiary alicyclic amines) is 1. The van der Waals surface area contributed by atoms with Crippen molar-refractivity contribution >= 4 is 17.5 Å². The number of piperidine rings is 1. The number of amides is 1. The predicted octanol–water partition coefficient (Wildman–Crippen LogP) is 5.15. The van der Waals surface area contributed by atoms with Crippen LogP contribution in [0.15, 0.2) is 55.0 Å². The van der Waals surface area contributed by atoms with Gasteiger partial charge in [-0.15, -0.1) is 0 Å². The van der Waals surface area contributed by atoms with Crippen LogP contribution in [0.4, 0.5) is 0 Å². The number of hydrogen-bond acceptors (Lipinski definition) is 3. The molecule has 2 aliphatic rings. The van der Waals surface area contributed by atoms with Gasteiger partial charge in [-0.2, -0.15) is 0 Å². The number of carbonyl (C=O) groups is 1. The summed E-state index contributed by atoms with van der Waals surface area (Å²) < 4.78 is 0. The van der Waals surface area contributed by atoms with Crippen LogP contribution in [-0.4, -0.2) is 33.9 Å². The first-order chi connectivity index (χ1) is 15.6. The van der Waals surface area contributed by atoms with Crippen LogP contribution in [0, 0.1) is 12.8 Å². The molecular weight excluding hydrogens is 418 g/mol. The first kappa shape index (κ1) is 21.1. The number of carbonyl (C=O) groups excluding carboxylic acids is 1.